The molecule has 5 nitrogen and oxygen atoms in total. The molecule has 7 heteroatoms. The molecule has 0 aliphatic heterocycles. The quantitative estimate of drug-likeness (QED) is 0.917. The van der Waals surface area contributed by atoms with Gasteiger partial charge in [-0.25, -0.2) is 13.4 Å². The standard InChI is InChI=1S/C10H11N3O2S2/c1-13(9-5-3-7-16-9)17(14,15)8-4-2-6-12-10(8)11/h2-7H,1H3,(H2,11,12). The first-order valence-electron chi connectivity index (χ1n) is 4.76. The Labute approximate surface area is 104 Å². The van der Waals surface area contributed by atoms with Crippen LogP contribution in [0, 0.1) is 0 Å². The van der Waals surface area contributed by atoms with Gasteiger partial charge in [0.1, 0.15) is 15.7 Å². The maximum Gasteiger partial charge on any atom is 0.268 e. The van der Waals surface area contributed by atoms with Crippen LogP contribution in [0.5, 0.6) is 0 Å². The van der Waals surface area contributed by atoms with Gasteiger partial charge in [0, 0.05) is 13.2 Å². The average molecular weight is 269 g/mol. The van der Waals surface area contributed by atoms with Crippen molar-refractivity contribution in [2.75, 3.05) is 17.1 Å². The van der Waals surface area contributed by atoms with Crippen molar-refractivity contribution in [3.8, 4) is 0 Å². The molecule has 0 radical (unpaired) electrons. The molecule has 90 valence electrons. The molecule has 2 heterocycles. The summed E-state index contributed by atoms with van der Waals surface area (Å²) in [6, 6.07) is 6.51. The third-order valence-corrected chi connectivity index (χ3v) is 5.13. The number of hydrogen-bond donors (Lipinski definition) is 1. The minimum Gasteiger partial charge on any atom is -0.383 e. The van der Waals surface area contributed by atoms with Crippen molar-refractivity contribution < 1.29 is 8.42 Å². The van der Waals surface area contributed by atoms with Crippen LogP contribution in [0.25, 0.3) is 0 Å². The SMILES string of the molecule is CN(c1cccs1)S(=O)(=O)c1cccnc1N. The lowest BCUT2D eigenvalue weighted by Gasteiger charge is -2.17. The van der Waals surface area contributed by atoms with E-state index in [9.17, 15) is 8.42 Å². The van der Waals surface area contributed by atoms with Gasteiger partial charge in [0.05, 0.1) is 0 Å². The van der Waals surface area contributed by atoms with Crippen molar-refractivity contribution in [2.45, 2.75) is 4.90 Å². The van der Waals surface area contributed by atoms with Crippen molar-refractivity contribution in [2.24, 2.45) is 0 Å². The molecule has 0 saturated carbocycles. The molecule has 0 aliphatic carbocycles. The summed E-state index contributed by atoms with van der Waals surface area (Å²) < 4.78 is 25.7. The fraction of sp³-hybridized carbons (Fsp3) is 0.100. The molecular formula is C10H11N3O2S2. The van der Waals surface area contributed by atoms with E-state index < -0.39 is 10.0 Å². The van der Waals surface area contributed by atoms with Crippen LogP contribution in [0.2, 0.25) is 0 Å². The fourth-order valence-electron chi connectivity index (χ4n) is 1.34. The topological polar surface area (TPSA) is 76.3 Å². The summed E-state index contributed by atoms with van der Waals surface area (Å²) >= 11 is 1.34. The molecule has 2 aromatic heterocycles. The minimum atomic E-state index is -3.64. The van der Waals surface area contributed by atoms with Crippen LogP contribution in [0.15, 0.2) is 40.7 Å². The van der Waals surface area contributed by atoms with Gasteiger partial charge in [0.2, 0.25) is 0 Å². The zero-order chi connectivity index (χ0) is 12.5. The van der Waals surface area contributed by atoms with Gasteiger partial charge >= 0.3 is 0 Å². The number of nitrogen functional groups attached to an aromatic ring is 1. The van der Waals surface area contributed by atoms with Crippen molar-refractivity contribution in [1.82, 2.24) is 4.98 Å². The molecule has 0 bridgehead atoms. The molecule has 17 heavy (non-hydrogen) atoms. The molecule has 0 aromatic carbocycles. The summed E-state index contributed by atoms with van der Waals surface area (Å²) in [4.78, 5) is 3.81. The van der Waals surface area contributed by atoms with Crippen LogP contribution in [0.4, 0.5) is 10.8 Å². The van der Waals surface area contributed by atoms with E-state index in [2.05, 4.69) is 4.98 Å². The number of pyridine rings is 1. The highest BCUT2D eigenvalue weighted by molar-refractivity contribution is 7.93. The van der Waals surface area contributed by atoms with E-state index in [-0.39, 0.29) is 10.7 Å². The van der Waals surface area contributed by atoms with E-state index in [0.717, 1.165) is 0 Å². The first-order chi connectivity index (χ1) is 8.03. The Morgan fingerprint density at radius 2 is 2.12 bits per heavy atom. The fourth-order valence-corrected chi connectivity index (χ4v) is 3.52. The van der Waals surface area contributed by atoms with Gasteiger partial charge in [-0.1, -0.05) is 0 Å². The van der Waals surface area contributed by atoms with Crippen molar-refractivity contribution in [3.63, 3.8) is 0 Å². The predicted molar refractivity (Wildman–Crippen MR) is 68.6 cm³/mol. The Morgan fingerprint density at radius 1 is 1.35 bits per heavy atom. The second-order valence-corrected chi connectivity index (χ2v) is 6.17. The van der Waals surface area contributed by atoms with Gasteiger partial charge in [0.15, 0.2) is 0 Å². The summed E-state index contributed by atoms with van der Waals surface area (Å²) in [6.07, 6.45) is 1.46. The smallest absolute Gasteiger partial charge is 0.268 e. The highest BCUT2D eigenvalue weighted by Gasteiger charge is 2.24. The summed E-state index contributed by atoms with van der Waals surface area (Å²) in [5, 5.41) is 2.45. The van der Waals surface area contributed by atoms with Crippen LogP contribution in [-0.2, 0) is 10.0 Å². The molecule has 2 rings (SSSR count). The maximum absolute atomic E-state index is 12.3. The van der Waals surface area contributed by atoms with E-state index in [0.29, 0.717) is 5.00 Å². The van der Waals surface area contributed by atoms with E-state index in [1.165, 1.54) is 35.0 Å². The Bertz CT molecular complexity index is 608. The van der Waals surface area contributed by atoms with Crippen molar-refractivity contribution >= 4 is 32.2 Å². The molecule has 0 fully saturated rings. The molecule has 0 amide bonds. The van der Waals surface area contributed by atoms with E-state index in [1.54, 1.807) is 18.2 Å². The van der Waals surface area contributed by atoms with Gasteiger partial charge in [-0.3, -0.25) is 4.31 Å². The van der Waals surface area contributed by atoms with Crippen LogP contribution >= 0.6 is 11.3 Å². The zero-order valence-electron chi connectivity index (χ0n) is 9.07. The molecule has 2 N–H and O–H groups in total. The maximum atomic E-state index is 12.3. The minimum absolute atomic E-state index is 0.0101. The third kappa shape index (κ3) is 2.11. The van der Waals surface area contributed by atoms with Gasteiger partial charge in [0.25, 0.3) is 10.0 Å². The first kappa shape index (κ1) is 11.9. The summed E-state index contributed by atoms with van der Waals surface area (Å²) in [5.74, 6) is 0.0101. The second-order valence-electron chi connectivity index (χ2n) is 3.31. The summed E-state index contributed by atoms with van der Waals surface area (Å²) in [7, 11) is -2.14. The molecule has 0 saturated heterocycles. The number of aromatic nitrogens is 1. The van der Waals surface area contributed by atoms with Gasteiger partial charge in [-0.05, 0) is 29.6 Å². The number of nitrogens with zero attached hydrogens (tertiary/aromatic N) is 2. The molecule has 0 unspecified atom stereocenters. The van der Waals surface area contributed by atoms with Gasteiger partial charge in [-0.15, -0.1) is 11.3 Å². The lowest BCUT2D eigenvalue weighted by Crippen LogP contribution is -2.26. The molecule has 0 atom stereocenters. The Balaban J connectivity index is 2.48. The van der Waals surface area contributed by atoms with Crippen LogP contribution < -0.4 is 10.0 Å². The van der Waals surface area contributed by atoms with Crippen LogP contribution in [0.1, 0.15) is 0 Å². The highest BCUT2D eigenvalue weighted by Crippen LogP contribution is 2.27. The Morgan fingerprint density at radius 3 is 2.71 bits per heavy atom. The van der Waals surface area contributed by atoms with E-state index in [1.807, 2.05) is 5.38 Å². The first-order valence-corrected chi connectivity index (χ1v) is 7.08. The Hall–Kier alpha value is -1.60. The van der Waals surface area contributed by atoms with Gasteiger partial charge in [-0.2, -0.15) is 0 Å². The molecule has 0 aliphatic rings. The number of thiophene rings is 1. The van der Waals surface area contributed by atoms with Crippen LogP contribution in [-0.4, -0.2) is 20.4 Å². The summed E-state index contributed by atoms with van der Waals surface area (Å²) in [5.41, 5.74) is 5.58. The van der Waals surface area contributed by atoms with Crippen molar-refractivity contribution in [1.29, 1.82) is 0 Å². The zero-order valence-corrected chi connectivity index (χ0v) is 10.7. The lowest BCUT2D eigenvalue weighted by atomic mass is 10.5. The van der Waals surface area contributed by atoms with E-state index >= 15 is 0 Å². The normalized spacial score (nSPS) is 11.4. The van der Waals surface area contributed by atoms with E-state index in [4.69, 9.17) is 5.73 Å². The predicted octanol–water partition coefficient (Wildman–Crippen LogP) is 1.55. The van der Waals surface area contributed by atoms with Gasteiger partial charge < -0.3 is 5.73 Å². The third-order valence-electron chi connectivity index (χ3n) is 2.25. The highest BCUT2D eigenvalue weighted by atomic mass is 32.2. The molecule has 0 spiro atoms. The lowest BCUT2D eigenvalue weighted by molar-refractivity contribution is 0.594. The number of sulfonamides is 1. The largest absolute Gasteiger partial charge is 0.383 e. The number of rotatable bonds is 3. The monoisotopic (exact) mass is 269 g/mol. The van der Waals surface area contributed by atoms with Crippen molar-refractivity contribution in [3.05, 3.63) is 35.8 Å². The number of anilines is 2. The second kappa shape index (κ2) is 4.34. The average Bonchev–Trinajstić information content (AvgIpc) is 2.81. The number of hydrogen-bond acceptors (Lipinski definition) is 5. The number of nitrogens with two attached hydrogens (primary N) is 1. The molecular weight excluding hydrogens is 258 g/mol. The molecule has 2 aromatic rings. The summed E-state index contributed by atoms with van der Waals surface area (Å²) in [6.45, 7) is 0. The van der Waals surface area contributed by atoms with Crippen LogP contribution in [0.3, 0.4) is 0 Å². The Kier molecular flexibility index (Phi) is 3.03.